The van der Waals surface area contributed by atoms with Crippen LogP contribution in [0.2, 0.25) is 0 Å². The molecule has 0 bridgehead atoms. The molecule has 4 rings (SSSR count). The van der Waals surface area contributed by atoms with E-state index < -0.39 is 0 Å². The molecule has 0 saturated heterocycles. The lowest BCUT2D eigenvalue weighted by Gasteiger charge is -2.02. The summed E-state index contributed by atoms with van der Waals surface area (Å²) >= 11 is 0. The predicted molar refractivity (Wildman–Crippen MR) is 88.5 cm³/mol. The molecule has 22 heavy (non-hydrogen) atoms. The molecule has 0 radical (unpaired) electrons. The lowest BCUT2D eigenvalue weighted by atomic mass is 10.0. The van der Waals surface area contributed by atoms with E-state index in [1.165, 1.54) is 0 Å². The van der Waals surface area contributed by atoms with Crippen molar-refractivity contribution in [3.63, 3.8) is 0 Å². The Morgan fingerprint density at radius 2 is 1.82 bits per heavy atom. The van der Waals surface area contributed by atoms with E-state index in [0.29, 0.717) is 5.56 Å². The number of rotatable bonds is 1. The zero-order valence-corrected chi connectivity index (χ0v) is 12.1. The van der Waals surface area contributed by atoms with Crippen molar-refractivity contribution >= 4 is 21.8 Å². The number of aromatic nitrogens is 2. The first kappa shape index (κ1) is 12.6. The van der Waals surface area contributed by atoms with E-state index in [0.717, 1.165) is 38.6 Å². The molecule has 0 fully saturated rings. The van der Waals surface area contributed by atoms with Crippen LogP contribution in [0.1, 0.15) is 11.1 Å². The summed E-state index contributed by atoms with van der Waals surface area (Å²) in [5, 5.41) is 11.6. The molecule has 2 aromatic heterocycles. The maximum atomic E-state index is 9.45. The van der Waals surface area contributed by atoms with Crippen molar-refractivity contribution in [1.82, 2.24) is 9.97 Å². The van der Waals surface area contributed by atoms with Crippen LogP contribution in [0.15, 0.2) is 54.7 Å². The molecular weight excluding hydrogens is 270 g/mol. The third-order valence-corrected chi connectivity index (χ3v) is 4.07. The second-order valence-corrected chi connectivity index (χ2v) is 5.36. The van der Waals surface area contributed by atoms with Gasteiger partial charge in [-0.25, -0.2) is 0 Å². The number of para-hydroxylation sites is 1. The summed E-state index contributed by atoms with van der Waals surface area (Å²) in [5.74, 6) is 0. The number of aryl methyl sites for hydroxylation is 1. The van der Waals surface area contributed by atoms with Gasteiger partial charge in [-0.15, -0.1) is 0 Å². The van der Waals surface area contributed by atoms with Gasteiger partial charge in [0.25, 0.3) is 0 Å². The molecule has 2 heterocycles. The van der Waals surface area contributed by atoms with Gasteiger partial charge in [-0.05, 0) is 24.6 Å². The number of nitrogens with zero attached hydrogens (tertiary/aromatic N) is 2. The number of nitrogens with one attached hydrogen (secondary N) is 1. The number of aromatic amines is 1. The van der Waals surface area contributed by atoms with Crippen LogP contribution in [0.3, 0.4) is 0 Å². The Morgan fingerprint density at radius 1 is 0.955 bits per heavy atom. The van der Waals surface area contributed by atoms with Crippen molar-refractivity contribution in [3.05, 3.63) is 65.9 Å². The van der Waals surface area contributed by atoms with Crippen molar-refractivity contribution in [1.29, 1.82) is 5.26 Å². The molecule has 0 spiro atoms. The summed E-state index contributed by atoms with van der Waals surface area (Å²) < 4.78 is 0. The van der Waals surface area contributed by atoms with Crippen LogP contribution >= 0.6 is 0 Å². The molecule has 4 aromatic rings. The fourth-order valence-corrected chi connectivity index (χ4v) is 2.98. The molecule has 0 atom stereocenters. The van der Waals surface area contributed by atoms with Crippen LogP contribution in [0.25, 0.3) is 33.1 Å². The van der Waals surface area contributed by atoms with Crippen LogP contribution in [-0.2, 0) is 0 Å². The van der Waals surface area contributed by atoms with Gasteiger partial charge < -0.3 is 4.98 Å². The SMILES string of the molecule is Cc1ccc2c([nH]c3c(-c4ccccn4)cccc32)c1C#N. The zero-order chi connectivity index (χ0) is 15.1. The first-order chi connectivity index (χ1) is 10.8. The lowest BCUT2D eigenvalue weighted by Crippen LogP contribution is -1.84. The molecule has 2 aromatic carbocycles. The maximum absolute atomic E-state index is 9.45. The van der Waals surface area contributed by atoms with Crippen molar-refractivity contribution in [3.8, 4) is 17.3 Å². The average Bonchev–Trinajstić information content (AvgIpc) is 2.94. The molecule has 0 saturated carbocycles. The molecule has 0 unspecified atom stereocenters. The maximum Gasteiger partial charge on any atom is 0.102 e. The number of hydrogen-bond donors (Lipinski definition) is 1. The molecule has 0 aliphatic rings. The molecule has 3 heteroatoms. The lowest BCUT2D eigenvalue weighted by molar-refractivity contribution is 1.33. The number of H-pyrrole nitrogens is 1. The minimum Gasteiger partial charge on any atom is -0.353 e. The Morgan fingerprint density at radius 3 is 2.59 bits per heavy atom. The van der Waals surface area contributed by atoms with E-state index >= 15 is 0 Å². The number of hydrogen-bond acceptors (Lipinski definition) is 2. The third kappa shape index (κ3) is 1.71. The quantitative estimate of drug-likeness (QED) is 0.556. The van der Waals surface area contributed by atoms with Gasteiger partial charge in [-0.2, -0.15) is 5.26 Å². The van der Waals surface area contributed by atoms with Crippen LogP contribution in [0.4, 0.5) is 0 Å². The number of benzene rings is 2. The molecule has 0 amide bonds. The van der Waals surface area contributed by atoms with E-state index in [2.05, 4.69) is 34.2 Å². The highest BCUT2D eigenvalue weighted by atomic mass is 14.7. The van der Waals surface area contributed by atoms with Crippen molar-refractivity contribution in [2.45, 2.75) is 6.92 Å². The van der Waals surface area contributed by atoms with Gasteiger partial charge in [-0.3, -0.25) is 4.98 Å². The fourth-order valence-electron chi connectivity index (χ4n) is 2.98. The molecule has 0 aliphatic heterocycles. The monoisotopic (exact) mass is 283 g/mol. The summed E-state index contributed by atoms with van der Waals surface area (Å²) in [6.45, 7) is 1.96. The topological polar surface area (TPSA) is 52.5 Å². The second kappa shape index (κ2) is 4.71. The van der Waals surface area contributed by atoms with E-state index in [4.69, 9.17) is 0 Å². The minimum atomic E-state index is 0.709. The van der Waals surface area contributed by atoms with Crippen molar-refractivity contribution in [2.75, 3.05) is 0 Å². The molecule has 0 aliphatic carbocycles. The smallest absolute Gasteiger partial charge is 0.102 e. The number of nitriles is 1. The first-order valence-electron chi connectivity index (χ1n) is 7.15. The third-order valence-electron chi connectivity index (χ3n) is 4.07. The van der Waals surface area contributed by atoms with Crippen LogP contribution < -0.4 is 0 Å². The molecule has 104 valence electrons. The fraction of sp³-hybridized carbons (Fsp3) is 0.0526. The highest BCUT2D eigenvalue weighted by Gasteiger charge is 2.13. The minimum absolute atomic E-state index is 0.709. The Bertz CT molecular complexity index is 1040. The largest absolute Gasteiger partial charge is 0.353 e. The molecule has 3 nitrogen and oxygen atoms in total. The van der Waals surface area contributed by atoms with E-state index in [1.54, 1.807) is 6.20 Å². The Kier molecular flexibility index (Phi) is 2.70. The van der Waals surface area contributed by atoms with Crippen molar-refractivity contribution < 1.29 is 0 Å². The van der Waals surface area contributed by atoms with E-state index in [1.807, 2.05) is 37.3 Å². The summed E-state index contributed by atoms with van der Waals surface area (Å²) in [6.07, 6.45) is 1.79. The Labute approximate surface area is 127 Å². The van der Waals surface area contributed by atoms with Gasteiger partial charge in [0.1, 0.15) is 6.07 Å². The number of fused-ring (bicyclic) bond motifs is 3. The van der Waals surface area contributed by atoms with E-state index in [-0.39, 0.29) is 0 Å². The summed E-state index contributed by atoms with van der Waals surface area (Å²) in [4.78, 5) is 7.89. The molecule has 1 N–H and O–H groups in total. The van der Waals surface area contributed by atoms with Gasteiger partial charge in [0.2, 0.25) is 0 Å². The highest BCUT2D eigenvalue weighted by Crippen LogP contribution is 2.34. The van der Waals surface area contributed by atoms with Gasteiger partial charge in [-0.1, -0.05) is 36.4 Å². The normalized spacial score (nSPS) is 10.9. The second-order valence-electron chi connectivity index (χ2n) is 5.36. The van der Waals surface area contributed by atoms with Gasteiger partial charge >= 0.3 is 0 Å². The Balaban J connectivity index is 2.15. The number of pyridine rings is 1. The Hall–Kier alpha value is -3.12. The van der Waals surface area contributed by atoms with Gasteiger partial charge in [0.15, 0.2) is 0 Å². The first-order valence-corrected chi connectivity index (χ1v) is 7.15. The summed E-state index contributed by atoms with van der Waals surface area (Å²) in [5.41, 5.74) is 5.60. The van der Waals surface area contributed by atoms with Crippen LogP contribution in [0, 0.1) is 18.3 Å². The van der Waals surface area contributed by atoms with Gasteiger partial charge in [0, 0.05) is 22.5 Å². The average molecular weight is 283 g/mol. The van der Waals surface area contributed by atoms with Gasteiger partial charge in [0.05, 0.1) is 22.3 Å². The zero-order valence-electron chi connectivity index (χ0n) is 12.1. The highest BCUT2D eigenvalue weighted by molar-refractivity contribution is 6.13. The summed E-state index contributed by atoms with van der Waals surface area (Å²) in [6, 6.07) is 18.4. The standard InChI is InChI=1S/C19H13N3/c1-12-8-9-14-13-5-4-6-15(17-7-2-3-10-21-17)18(13)22-19(14)16(12)11-20/h2-10,22H,1H3. The van der Waals surface area contributed by atoms with Crippen LogP contribution in [-0.4, -0.2) is 9.97 Å². The summed E-state index contributed by atoms with van der Waals surface area (Å²) in [7, 11) is 0. The molecular formula is C19H13N3. The van der Waals surface area contributed by atoms with Crippen LogP contribution in [0.5, 0.6) is 0 Å². The predicted octanol–water partition coefficient (Wildman–Crippen LogP) is 4.56. The van der Waals surface area contributed by atoms with E-state index in [9.17, 15) is 5.26 Å². The van der Waals surface area contributed by atoms with Crippen molar-refractivity contribution in [2.24, 2.45) is 0 Å².